The molecule has 18 nitrogen and oxygen atoms in total. The molecule has 5 aromatic rings. The van der Waals surface area contributed by atoms with Crippen molar-refractivity contribution in [2.45, 2.75) is 229 Å². The Bertz CT molecular complexity index is 3790. The molecule has 0 aliphatic heterocycles. The van der Waals surface area contributed by atoms with Gasteiger partial charge in [-0.05, 0) is 143 Å². The average molecular weight is 1740 g/mol. The largest absolute Gasteiger partial charge is 0.542 e. The van der Waals surface area contributed by atoms with E-state index in [2.05, 4.69) is 0 Å². The standard InChI is InChI=1S/C51H67N2O7.C45H63N2O7.2Y/c1-5-17-46(55)30-42(24-15-16-25-52)49(58)33-45(26-37(2)3)51(60)53(34-41-22-13-8-14-23-41)35-47(56)31-43(28-39-18-9-6-10-19-39)50(59)32-44(48(57)27-38(4)36-54)29-40-20-11-7-12-21-40;1-6-15-40(49)26-36(20-13-14-21-46)43(52)29-39(22-32(2)3)45(54)47(5)30-41(50)27-37(24-34-16-9-7-10-17-34)44(53)28-38(42(51)23-33(4)31-48)25-35-18-11-8-12-19-35;;/h6-14,18-23,37-38,42-45H,5,15-17,24-35,52H2,1-4H3;7-12,16-19,32-33,36-39H,6,13-15,20-30,46H2,1-5H3;;/q2*-1;;. The summed E-state index contributed by atoms with van der Waals surface area (Å²) in [5.74, 6) is -8.39. The number of unbranched alkanes of at least 4 members (excludes halogenated alkanes) is 2. The second kappa shape index (κ2) is 59.8. The van der Waals surface area contributed by atoms with E-state index in [1.54, 1.807) is 20.9 Å². The number of likely N-dealkylation sites (N-methyl/N-ethyl adjacent to an activating group) is 1. The van der Waals surface area contributed by atoms with Crippen LogP contribution in [0.3, 0.4) is 0 Å². The monoisotopic (exact) mass is 1740 g/mol. The molecular weight excluding hydrogens is 1610 g/mol. The van der Waals surface area contributed by atoms with Crippen LogP contribution in [0.2, 0.25) is 0 Å². The maximum Gasteiger partial charge on any atom is 0.226 e. The number of Topliss-reactive ketones (excluding diaryl/α,β-unsaturated/α-hetero) is 10. The van der Waals surface area contributed by atoms with Gasteiger partial charge in [-0.15, -0.1) is 11.8 Å². The molecule has 0 fully saturated rings. The van der Waals surface area contributed by atoms with E-state index in [0.717, 1.165) is 47.1 Å². The van der Waals surface area contributed by atoms with Crippen LogP contribution in [0.25, 0.3) is 0 Å². The van der Waals surface area contributed by atoms with Crippen molar-refractivity contribution in [2.75, 3.05) is 33.2 Å². The fourth-order valence-corrected chi connectivity index (χ4v) is 15.1. The Labute approximate surface area is 742 Å². The number of carbonyl (C=O) groups excluding carboxylic acids is 14. The minimum absolute atomic E-state index is 0. The van der Waals surface area contributed by atoms with Gasteiger partial charge in [-0.2, -0.15) is 0 Å². The Morgan fingerprint density at radius 2 is 0.612 bits per heavy atom. The van der Waals surface area contributed by atoms with Crippen molar-refractivity contribution in [1.82, 2.24) is 9.80 Å². The first-order valence-electron chi connectivity index (χ1n) is 41.7. The molecule has 4 N–H and O–H groups in total. The molecule has 116 heavy (non-hydrogen) atoms. The van der Waals surface area contributed by atoms with Crippen molar-refractivity contribution in [3.05, 3.63) is 179 Å². The van der Waals surface area contributed by atoms with Crippen LogP contribution < -0.4 is 11.5 Å². The number of amides is 2. The number of hydrogen-bond donors (Lipinski definition) is 2. The van der Waals surface area contributed by atoms with Gasteiger partial charge >= 0.3 is 0 Å². The third-order valence-electron chi connectivity index (χ3n) is 21.1. The molecule has 20 heteroatoms. The first-order chi connectivity index (χ1) is 54.6. The van der Waals surface area contributed by atoms with Gasteiger partial charge in [0.1, 0.15) is 46.3 Å². The zero-order valence-corrected chi connectivity index (χ0v) is 76.4. The van der Waals surface area contributed by atoms with Crippen LogP contribution in [0.4, 0.5) is 0 Å². The van der Waals surface area contributed by atoms with Crippen molar-refractivity contribution in [3.8, 4) is 0 Å². The molecule has 0 saturated carbocycles. The minimum Gasteiger partial charge on any atom is -0.542 e. The number of nitrogens with two attached hydrogens (primary N) is 2. The van der Waals surface area contributed by atoms with Crippen LogP contribution in [0.15, 0.2) is 152 Å². The Kier molecular flexibility index (Phi) is 54.3. The Morgan fingerprint density at radius 3 is 0.922 bits per heavy atom. The van der Waals surface area contributed by atoms with Crippen LogP contribution in [-0.2, 0) is 165 Å². The van der Waals surface area contributed by atoms with Gasteiger partial charge in [-0.1, -0.05) is 220 Å². The summed E-state index contributed by atoms with van der Waals surface area (Å²) in [6, 6.07) is 47.0. The van der Waals surface area contributed by atoms with Crippen molar-refractivity contribution in [3.63, 3.8) is 0 Å². The van der Waals surface area contributed by atoms with Gasteiger partial charge in [0, 0.05) is 191 Å². The van der Waals surface area contributed by atoms with E-state index < -0.39 is 59.2 Å². The number of carbonyl (C=O) groups is 12. The Morgan fingerprint density at radius 1 is 0.336 bits per heavy atom. The molecule has 2 radical (unpaired) electrons. The predicted octanol–water partition coefficient (Wildman–Crippen LogP) is 15.4. The quantitative estimate of drug-likeness (QED) is 0.0270. The van der Waals surface area contributed by atoms with Crippen molar-refractivity contribution >= 4 is 82.2 Å². The third-order valence-corrected chi connectivity index (χ3v) is 21.1. The van der Waals surface area contributed by atoms with E-state index in [0.29, 0.717) is 90.1 Å². The molecule has 5 aromatic carbocycles. The van der Waals surface area contributed by atoms with E-state index in [-0.39, 0.29) is 237 Å². The summed E-state index contributed by atoms with van der Waals surface area (Å²) in [6.07, 6.45) is 11.8. The van der Waals surface area contributed by atoms with Gasteiger partial charge in [-0.25, -0.2) is 0 Å². The van der Waals surface area contributed by atoms with Crippen LogP contribution in [-0.4, -0.2) is 125 Å². The second-order valence-electron chi connectivity index (χ2n) is 32.6. The van der Waals surface area contributed by atoms with Crippen molar-refractivity contribution < 1.29 is 133 Å². The molecule has 0 aliphatic carbocycles. The van der Waals surface area contributed by atoms with Gasteiger partial charge in [-0.3, -0.25) is 70.1 Å². The van der Waals surface area contributed by atoms with Gasteiger partial charge in [0.2, 0.25) is 11.8 Å². The number of ketones is 10. The normalized spacial score (nSPS) is 13.7. The summed E-state index contributed by atoms with van der Waals surface area (Å²) < 4.78 is 0. The molecule has 0 aromatic heterocycles. The van der Waals surface area contributed by atoms with E-state index in [1.807, 2.05) is 206 Å². The van der Waals surface area contributed by atoms with E-state index in [4.69, 9.17) is 11.5 Å². The Hall–Kier alpha value is -6.79. The zero-order valence-electron chi connectivity index (χ0n) is 70.7. The molecule has 0 aliphatic rings. The molecule has 626 valence electrons. The third kappa shape index (κ3) is 42.2. The van der Waals surface area contributed by atoms with Crippen LogP contribution in [0, 0.1) is 71.0 Å². The van der Waals surface area contributed by atoms with E-state index >= 15 is 0 Å². The van der Waals surface area contributed by atoms with Crippen LogP contribution >= 0.6 is 0 Å². The number of benzene rings is 5. The second-order valence-corrected chi connectivity index (χ2v) is 32.6. The fraction of sp³-hybridized carbons (Fsp3) is 0.542. The number of rotatable bonds is 60. The molecule has 5 rings (SSSR count). The van der Waals surface area contributed by atoms with Crippen molar-refractivity contribution in [2.24, 2.45) is 82.5 Å². The van der Waals surface area contributed by atoms with E-state index in [1.165, 1.54) is 9.80 Å². The molecule has 0 heterocycles. The zero-order chi connectivity index (χ0) is 83.9. The molecule has 10 atom stereocenters. The maximum absolute atomic E-state index is 14.7. The molecule has 2 amide bonds. The number of hydrogen-bond acceptors (Lipinski definition) is 16. The smallest absolute Gasteiger partial charge is 0.226 e. The fourth-order valence-electron chi connectivity index (χ4n) is 15.1. The molecular formula is C96H130N4O14Y2-2. The maximum atomic E-state index is 14.7. The Balaban J connectivity index is 0.000000778. The summed E-state index contributed by atoms with van der Waals surface area (Å²) in [5, 5.41) is 0. The first-order valence-corrected chi connectivity index (χ1v) is 41.7. The van der Waals surface area contributed by atoms with Gasteiger partial charge < -0.3 is 30.9 Å². The van der Waals surface area contributed by atoms with Gasteiger partial charge in [0.05, 0.1) is 13.1 Å². The summed E-state index contributed by atoms with van der Waals surface area (Å²) >= 11 is 0. The van der Waals surface area contributed by atoms with Crippen molar-refractivity contribution in [1.29, 1.82) is 0 Å². The summed E-state index contributed by atoms with van der Waals surface area (Å²) in [6.45, 7) is 15.7. The first kappa shape index (κ1) is 105. The van der Waals surface area contributed by atoms with Gasteiger partial charge in [0.25, 0.3) is 0 Å². The predicted molar refractivity (Wildman–Crippen MR) is 448 cm³/mol. The molecule has 0 bridgehead atoms. The van der Waals surface area contributed by atoms with Crippen LogP contribution in [0.1, 0.15) is 224 Å². The van der Waals surface area contributed by atoms with Crippen LogP contribution in [0.5, 0.6) is 0 Å². The molecule has 0 saturated heterocycles. The summed E-state index contributed by atoms with van der Waals surface area (Å²) in [5.41, 5.74) is 15.8. The van der Waals surface area contributed by atoms with E-state index in [9.17, 15) is 67.1 Å². The topological polar surface area (TPSA) is 297 Å². The number of nitrogens with zero attached hydrogens (tertiary/aromatic N) is 2. The summed E-state index contributed by atoms with van der Waals surface area (Å²) in [4.78, 5) is 190. The molecule has 10 unspecified atom stereocenters. The van der Waals surface area contributed by atoms with Gasteiger partial charge in [0.15, 0.2) is 11.6 Å². The molecule has 0 spiro atoms. The summed E-state index contributed by atoms with van der Waals surface area (Å²) in [7, 11) is 1.55. The average Bonchev–Trinajstić information content (AvgIpc) is 0.850. The SMILES string of the molecule is CCCC(=O)CC(CCCCN)C(=O)CC(CC(C)C)C(=O)N(C)CC(=O)CC(Cc1ccccc1)C(=O)CC(Cc1ccccc1)C(=O)CC(C)[C-]=O.CCCC(=O)CC(CCCCN)C(=O)CC(CC(C)C)C(=O)N(CC(=O)CC(Cc1ccccc1)C(=O)CC(Cc1ccccc1)C(=O)CC(C)[C-]=O)Cc1ccccc1.[Y].[Y]. The minimum atomic E-state index is -0.766.